The van der Waals surface area contributed by atoms with Gasteiger partial charge in [-0.15, -0.1) is 0 Å². The van der Waals surface area contributed by atoms with E-state index >= 15 is 0 Å². The Balaban J connectivity index is 2.35. The first-order valence-electron chi connectivity index (χ1n) is 2.67. The summed E-state index contributed by atoms with van der Waals surface area (Å²) in [4.78, 5) is 10.0. The lowest BCUT2D eigenvalue weighted by Gasteiger charge is -1.88. The van der Waals surface area contributed by atoms with E-state index in [4.69, 9.17) is 9.52 Å². The summed E-state index contributed by atoms with van der Waals surface area (Å²) in [6, 6.07) is 3.48. The Morgan fingerprint density at radius 2 is 2.60 bits per heavy atom. The summed E-state index contributed by atoms with van der Waals surface area (Å²) in [5.41, 5.74) is 0. The molecule has 0 saturated carbocycles. The molecule has 4 heteroatoms. The third-order valence-electron chi connectivity index (χ3n) is 0.918. The van der Waals surface area contributed by atoms with Crippen molar-refractivity contribution in [3.05, 3.63) is 24.2 Å². The molecule has 1 aromatic rings. The number of rotatable bonds is 2. The van der Waals surface area contributed by atoms with Crippen LogP contribution in [0.2, 0.25) is 0 Å². The average Bonchev–Trinajstić information content (AvgIpc) is 2.34. The van der Waals surface area contributed by atoms with Crippen LogP contribution in [0.25, 0.3) is 0 Å². The van der Waals surface area contributed by atoms with Crippen molar-refractivity contribution in [2.24, 2.45) is 0 Å². The van der Waals surface area contributed by atoms with Crippen LogP contribution in [0.1, 0.15) is 5.76 Å². The van der Waals surface area contributed by atoms with E-state index in [0.29, 0.717) is 11.5 Å². The molecular formula is C6H6O3S. The molecule has 0 bridgehead atoms. The molecule has 0 saturated heterocycles. The molecule has 0 aromatic carbocycles. The quantitative estimate of drug-likeness (QED) is 0.716. The van der Waals surface area contributed by atoms with Gasteiger partial charge in [-0.3, -0.25) is 0 Å². The van der Waals surface area contributed by atoms with Crippen LogP contribution in [0.3, 0.4) is 0 Å². The minimum atomic E-state index is -0.878. The van der Waals surface area contributed by atoms with Gasteiger partial charge < -0.3 is 9.52 Å². The fraction of sp³-hybridized carbons (Fsp3) is 0.167. The van der Waals surface area contributed by atoms with Gasteiger partial charge in [-0.05, 0) is 23.9 Å². The molecule has 0 aliphatic heterocycles. The van der Waals surface area contributed by atoms with Gasteiger partial charge in [-0.1, -0.05) is 0 Å². The van der Waals surface area contributed by atoms with Gasteiger partial charge in [0.25, 0.3) is 0 Å². The Morgan fingerprint density at radius 1 is 1.80 bits per heavy atom. The molecule has 0 spiro atoms. The van der Waals surface area contributed by atoms with Crippen molar-refractivity contribution in [1.29, 1.82) is 0 Å². The molecule has 0 unspecified atom stereocenters. The van der Waals surface area contributed by atoms with Crippen molar-refractivity contribution in [2.45, 2.75) is 5.75 Å². The molecule has 0 aliphatic rings. The second-order valence-electron chi connectivity index (χ2n) is 1.63. The maximum atomic E-state index is 10.0. The van der Waals surface area contributed by atoms with Gasteiger partial charge >= 0.3 is 5.30 Å². The van der Waals surface area contributed by atoms with Gasteiger partial charge in [0.15, 0.2) is 0 Å². The van der Waals surface area contributed by atoms with Crippen molar-refractivity contribution in [1.82, 2.24) is 0 Å². The van der Waals surface area contributed by atoms with Crippen LogP contribution < -0.4 is 0 Å². The highest BCUT2D eigenvalue weighted by Gasteiger charge is 2.00. The average molecular weight is 158 g/mol. The second kappa shape index (κ2) is 3.31. The molecular weight excluding hydrogens is 152 g/mol. The number of hydrogen-bond donors (Lipinski definition) is 1. The fourth-order valence-corrected chi connectivity index (χ4v) is 0.958. The maximum Gasteiger partial charge on any atom is 0.365 e. The molecule has 1 rings (SSSR count). The van der Waals surface area contributed by atoms with E-state index in [2.05, 4.69) is 0 Å². The number of furan rings is 1. The van der Waals surface area contributed by atoms with Crippen LogP contribution in [-0.2, 0) is 5.75 Å². The molecule has 3 nitrogen and oxygen atoms in total. The lowest BCUT2D eigenvalue weighted by Crippen LogP contribution is -1.83. The molecule has 1 aromatic heterocycles. The van der Waals surface area contributed by atoms with Crippen LogP contribution in [0, 0.1) is 0 Å². The minimum Gasteiger partial charge on any atom is -0.473 e. The highest BCUT2D eigenvalue weighted by molar-refractivity contribution is 8.12. The largest absolute Gasteiger partial charge is 0.473 e. The normalized spacial score (nSPS) is 9.60. The van der Waals surface area contributed by atoms with Gasteiger partial charge in [-0.25, -0.2) is 4.79 Å². The lowest BCUT2D eigenvalue weighted by molar-refractivity contribution is 0.222. The third kappa shape index (κ3) is 2.14. The molecule has 10 heavy (non-hydrogen) atoms. The van der Waals surface area contributed by atoms with E-state index in [1.807, 2.05) is 0 Å². The Morgan fingerprint density at radius 3 is 3.10 bits per heavy atom. The fourth-order valence-electron chi connectivity index (χ4n) is 0.528. The summed E-state index contributed by atoms with van der Waals surface area (Å²) >= 11 is 0.812. The molecule has 1 N–H and O–H groups in total. The summed E-state index contributed by atoms with van der Waals surface area (Å²) < 4.78 is 4.90. The second-order valence-corrected chi connectivity index (χ2v) is 2.56. The third-order valence-corrected chi connectivity index (χ3v) is 1.59. The van der Waals surface area contributed by atoms with E-state index in [1.165, 1.54) is 6.26 Å². The van der Waals surface area contributed by atoms with Crippen molar-refractivity contribution < 1.29 is 14.3 Å². The SMILES string of the molecule is O=C(O)SCc1ccco1. The van der Waals surface area contributed by atoms with E-state index in [-0.39, 0.29) is 0 Å². The zero-order valence-electron chi connectivity index (χ0n) is 5.11. The molecule has 0 amide bonds. The number of thioether (sulfide) groups is 1. The van der Waals surface area contributed by atoms with E-state index < -0.39 is 5.30 Å². The Kier molecular flexibility index (Phi) is 2.39. The van der Waals surface area contributed by atoms with Crippen LogP contribution in [-0.4, -0.2) is 10.4 Å². The number of hydrogen-bond acceptors (Lipinski definition) is 3. The van der Waals surface area contributed by atoms with Crippen molar-refractivity contribution in [3.63, 3.8) is 0 Å². The minimum absolute atomic E-state index is 0.391. The first-order chi connectivity index (χ1) is 4.79. The Bertz CT molecular complexity index is 205. The van der Waals surface area contributed by atoms with E-state index in [0.717, 1.165) is 11.8 Å². The molecule has 0 atom stereocenters. The summed E-state index contributed by atoms with van der Waals surface area (Å²) in [7, 11) is 0. The summed E-state index contributed by atoms with van der Waals surface area (Å²) in [6.07, 6.45) is 1.53. The van der Waals surface area contributed by atoms with E-state index in [1.54, 1.807) is 12.1 Å². The van der Waals surface area contributed by atoms with Gasteiger partial charge in [-0.2, -0.15) is 0 Å². The monoisotopic (exact) mass is 158 g/mol. The van der Waals surface area contributed by atoms with Crippen LogP contribution in [0.5, 0.6) is 0 Å². The standard InChI is InChI=1S/C6H6O3S/c7-6(8)10-4-5-2-1-3-9-5/h1-3H,4H2,(H,7,8). The highest BCUT2D eigenvalue weighted by atomic mass is 32.2. The molecule has 54 valence electrons. The molecule has 0 radical (unpaired) electrons. The predicted molar refractivity (Wildman–Crippen MR) is 38.0 cm³/mol. The highest BCUT2D eigenvalue weighted by Crippen LogP contribution is 2.12. The summed E-state index contributed by atoms with van der Waals surface area (Å²) in [6.45, 7) is 0. The zero-order chi connectivity index (χ0) is 7.40. The topological polar surface area (TPSA) is 50.4 Å². The van der Waals surface area contributed by atoms with Crippen molar-refractivity contribution in [3.8, 4) is 0 Å². The lowest BCUT2D eigenvalue weighted by atomic mass is 10.5. The maximum absolute atomic E-state index is 10.0. The Hall–Kier alpha value is -0.900. The van der Waals surface area contributed by atoms with Gasteiger partial charge in [0.05, 0.1) is 12.0 Å². The Labute approximate surface area is 62.0 Å². The van der Waals surface area contributed by atoms with Crippen LogP contribution in [0.15, 0.2) is 22.8 Å². The van der Waals surface area contributed by atoms with E-state index in [9.17, 15) is 4.79 Å². The van der Waals surface area contributed by atoms with Crippen molar-refractivity contribution >= 4 is 17.1 Å². The van der Waals surface area contributed by atoms with Crippen molar-refractivity contribution in [2.75, 3.05) is 0 Å². The molecule has 1 heterocycles. The number of carboxylic acid groups (broad SMARTS) is 1. The van der Waals surface area contributed by atoms with Crippen LogP contribution >= 0.6 is 11.8 Å². The first-order valence-corrected chi connectivity index (χ1v) is 3.65. The van der Waals surface area contributed by atoms with Crippen LogP contribution in [0.4, 0.5) is 4.79 Å². The van der Waals surface area contributed by atoms with Gasteiger partial charge in [0.2, 0.25) is 0 Å². The molecule has 0 aliphatic carbocycles. The zero-order valence-corrected chi connectivity index (χ0v) is 5.93. The molecule has 0 fully saturated rings. The number of carbonyl (C=O) groups is 1. The van der Waals surface area contributed by atoms with Gasteiger partial charge in [0, 0.05) is 0 Å². The predicted octanol–water partition coefficient (Wildman–Crippen LogP) is 2.19. The smallest absolute Gasteiger partial charge is 0.365 e. The van der Waals surface area contributed by atoms with Gasteiger partial charge in [0.1, 0.15) is 5.76 Å². The summed E-state index contributed by atoms with van der Waals surface area (Å²) in [5, 5.41) is 7.36. The first kappa shape index (κ1) is 7.21. The summed E-state index contributed by atoms with van der Waals surface area (Å²) in [5.74, 6) is 1.08.